The van der Waals surface area contributed by atoms with Gasteiger partial charge in [-0.3, -0.25) is 4.79 Å². The molecule has 1 amide bonds. The van der Waals surface area contributed by atoms with E-state index in [1.54, 1.807) is 25.3 Å². The number of benzene rings is 2. The third-order valence-electron chi connectivity index (χ3n) is 3.60. The predicted molar refractivity (Wildman–Crippen MR) is 103 cm³/mol. The highest BCUT2D eigenvalue weighted by Crippen LogP contribution is 2.23. The molecule has 7 heteroatoms. The standard InChI is InChI=1S/C19H17N3O3S/c1-2-25-18(24)14-9-7-13(8-10-14)16-6-4-3-5-15(16)11-20-22-19-21-17(23)12-26-19/h3-11H,2,12H2,1H3,(H,21,22,23). The van der Waals surface area contributed by atoms with Crippen LogP contribution >= 0.6 is 11.8 Å². The first-order valence-electron chi connectivity index (χ1n) is 8.07. The molecule has 2 aromatic rings. The lowest BCUT2D eigenvalue weighted by Crippen LogP contribution is -2.19. The predicted octanol–water partition coefficient (Wildman–Crippen LogP) is 3.08. The van der Waals surface area contributed by atoms with Crippen LogP contribution in [0.3, 0.4) is 0 Å². The Morgan fingerprint density at radius 3 is 2.69 bits per heavy atom. The van der Waals surface area contributed by atoms with Gasteiger partial charge in [-0.1, -0.05) is 48.2 Å². The highest BCUT2D eigenvalue weighted by molar-refractivity contribution is 8.15. The van der Waals surface area contributed by atoms with Gasteiger partial charge in [-0.2, -0.15) is 5.10 Å². The molecule has 0 unspecified atom stereocenters. The lowest BCUT2D eigenvalue weighted by molar-refractivity contribution is -0.116. The van der Waals surface area contributed by atoms with Gasteiger partial charge in [0, 0.05) is 5.56 Å². The minimum atomic E-state index is -0.333. The SMILES string of the molecule is CCOC(=O)c1ccc(-c2ccccc2C=NN=C2NC(=O)CS2)cc1. The Balaban J connectivity index is 1.81. The number of amidine groups is 1. The highest BCUT2D eigenvalue weighted by atomic mass is 32.2. The Morgan fingerprint density at radius 1 is 1.23 bits per heavy atom. The van der Waals surface area contributed by atoms with Crippen LogP contribution in [0.4, 0.5) is 0 Å². The van der Waals surface area contributed by atoms with E-state index in [0.29, 0.717) is 23.1 Å². The molecule has 0 radical (unpaired) electrons. The largest absolute Gasteiger partial charge is 0.462 e. The van der Waals surface area contributed by atoms with E-state index in [2.05, 4.69) is 15.5 Å². The summed E-state index contributed by atoms with van der Waals surface area (Å²) in [5.41, 5.74) is 3.32. The molecule has 1 fully saturated rings. The van der Waals surface area contributed by atoms with Crippen LogP contribution in [0.25, 0.3) is 11.1 Å². The van der Waals surface area contributed by atoms with Gasteiger partial charge in [0.1, 0.15) is 0 Å². The van der Waals surface area contributed by atoms with Crippen LogP contribution in [0.5, 0.6) is 0 Å². The molecule has 1 N–H and O–H groups in total. The zero-order valence-corrected chi connectivity index (χ0v) is 15.0. The topological polar surface area (TPSA) is 80.1 Å². The Kier molecular flexibility index (Phi) is 5.80. The van der Waals surface area contributed by atoms with E-state index in [1.807, 2.05) is 36.4 Å². The minimum Gasteiger partial charge on any atom is -0.462 e. The molecule has 0 atom stereocenters. The third kappa shape index (κ3) is 4.37. The van der Waals surface area contributed by atoms with Crippen molar-refractivity contribution < 1.29 is 14.3 Å². The monoisotopic (exact) mass is 367 g/mol. The summed E-state index contributed by atoms with van der Waals surface area (Å²) in [6.45, 7) is 2.13. The average Bonchev–Trinajstić information content (AvgIpc) is 3.08. The molecule has 3 rings (SSSR count). The molecule has 6 nitrogen and oxygen atoms in total. The maximum Gasteiger partial charge on any atom is 0.338 e. The van der Waals surface area contributed by atoms with Crippen molar-refractivity contribution in [3.05, 3.63) is 59.7 Å². The Bertz CT molecular complexity index is 876. The van der Waals surface area contributed by atoms with Crippen LogP contribution in [0, 0.1) is 0 Å². The number of thioether (sulfide) groups is 1. The van der Waals surface area contributed by atoms with E-state index in [9.17, 15) is 9.59 Å². The summed E-state index contributed by atoms with van der Waals surface area (Å²) < 4.78 is 5.00. The molecule has 0 aromatic heterocycles. The summed E-state index contributed by atoms with van der Waals surface area (Å²) in [5, 5.41) is 11.2. The van der Waals surface area contributed by atoms with Gasteiger partial charge in [-0.15, -0.1) is 5.10 Å². The lowest BCUT2D eigenvalue weighted by atomic mass is 9.99. The number of nitrogens with one attached hydrogen (secondary N) is 1. The molecule has 132 valence electrons. The van der Waals surface area contributed by atoms with Gasteiger partial charge >= 0.3 is 5.97 Å². The second-order valence-electron chi connectivity index (χ2n) is 5.37. The van der Waals surface area contributed by atoms with E-state index < -0.39 is 0 Å². The third-order valence-corrected chi connectivity index (χ3v) is 4.46. The van der Waals surface area contributed by atoms with Crippen LogP contribution in [0.15, 0.2) is 58.7 Å². The van der Waals surface area contributed by atoms with E-state index in [0.717, 1.165) is 16.7 Å². The van der Waals surface area contributed by atoms with Crippen molar-refractivity contribution in [3.63, 3.8) is 0 Å². The second-order valence-corrected chi connectivity index (χ2v) is 6.34. The van der Waals surface area contributed by atoms with Crippen molar-refractivity contribution >= 4 is 35.0 Å². The molecule has 1 aliphatic heterocycles. The number of amides is 1. The van der Waals surface area contributed by atoms with E-state index in [4.69, 9.17) is 4.74 Å². The summed E-state index contributed by atoms with van der Waals surface area (Å²) in [6, 6.07) is 15.0. The minimum absolute atomic E-state index is 0.0639. The number of hydrogen-bond donors (Lipinski definition) is 1. The van der Waals surface area contributed by atoms with Crippen molar-refractivity contribution in [2.45, 2.75) is 6.92 Å². The number of hydrogen-bond acceptors (Lipinski definition) is 6. The van der Waals surface area contributed by atoms with Gasteiger partial charge in [0.2, 0.25) is 5.91 Å². The summed E-state index contributed by atoms with van der Waals surface area (Å²) in [6.07, 6.45) is 1.65. The molecule has 1 saturated heterocycles. The molecule has 1 aliphatic rings. The number of rotatable bonds is 5. The molecular formula is C19H17N3O3S. The van der Waals surface area contributed by atoms with Gasteiger partial charge < -0.3 is 10.1 Å². The molecule has 0 saturated carbocycles. The Morgan fingerprint density at radius 2 is 2.00 bits per heavy atom. The number of carbonyl (C=O) groups is 2. The maximum absolute atomic E-state index is 11.8. The fraction of sp³-hybridized carbons (Fsp3) is 0.158. The summed E-state index contributed by atoms with van der Waals surface area (Å²) >= 11 is 1.33. The van der Waals surface area contributed by atoms with Gasteiger partial charge in [-0.05, 0) is 30.2 Å². The fourth-order valence-electron chi connectivity index (χ4n) is 2.40. The van der Waals surface area contributed by atoms with Crippen LogP contribution in [0.2, 0.25) is 0 Å². The van der Waals surface area contributed by atoms with Crippen LogP contribution in [-0.4, -0.2) is 35.6 Å². The molecule has 0 aliphatic carbocycles. The summed E-state index contributed by atoms with van der Waals surface area (Å²) in [5.74, 6) is -0.0236. The van der Waals surface area contributed by atoms with Gasteiger partial charge in [0.15, 0.2) is 5.17 Å². The number of nitrogens with zero attached hydrogens (tertiary/aromatic N) is 2. The zero-order valence-electron chi connectivity index (χ0n) is 14.1. The first kappa shape index (κ1) is 17.9. The van der Waals surface area contributed by atoms with Gasteiger partial charge in [0.05, 0.1) is 24.1 Å². The first-order chi connectivity index (χ1) is 12.7. The van der Waals surface area contributed by atoms with Crippen molar-refractivity contribution in [1.29, 1.82) is 0 Å². The fourth-order valence-corrected chi connectivity index (χ4v) is 3.03. The molecular weight excluding hydrogens is 350 g/mol. The Labute approximate surface area is 155 Å². The zero-order chi connectivity index (χ0) is 18.4. The van der Waals surface area contributed by atoms with E-state index in [-0.39, 0.29) is 11.9 Å². The highest BCUT2D eigenvalue weighted by Gasteiger charge is 2.16. The van der Waals surface area contributed by atoms with E-state index in [1.165, 1.54) is 11.8 Å². The molecule has 1 heterocycles. The van der Waals surface area contributed by atoms with E-state index >= 15 is 0 Å². The summed E-state index contributed by atoms with van der Waals surface area (Å²) in [7, 11) is 0. The van der Waals surface area contributed by atoms with Crippen molar-refractivity contribution in [2.24, 2.45) is 10.2 Å². The van der Waals surface area contributed by atoms with Crippen molar-refractivity contribution in [1.82, 2.24) is 5.32 Å². The second kappa shape index (κ2) is 8.44. The normalized spacial score (nSPS) is 15.4. The molecule has 2 aromatic carbocycles. The van der Waals surface area contributed by atoms with Crippen LogP contribution in [-0.2, 0) is 9.53 Å². The van der Waals surface area contributed by atoms with Crippen LogP contribution in [0.1, 0.15) is 22.8 Å². The van der Waals surface area contributed by atoms with Gasteiger partial charge in [0.25, 0.3) is 0 Å². The number of ether oxygens (including phenoxy) is 1. The average molecular weight is 367 g/mol. The van der Waals surface area contributed by atoms with Crippen molar-refractivity contribution in [3.8, 4) is 11.1 Å². The number of carbonyl (C=O) groups excluding carboxylic acids is 2. The van der Waals surface area contributed by atoms with Gasteiger partial charge in [-0.25, -0.2) is 4.79 Å². The number of esters is 1. The smallest absolute Gasteiger partial charge is 0.338 e. The van der Waals surface area contributed by atoms with Crippen LogP contribution < -0.4 is 5.32 Å². The lowest BCUT2D eigenvalue weighted by Gasteiger charge is -2.07. The first-order valence-corrected chi connectivity index (χ1v) is 9.06. The van der Waals surface area contributed by atoms with Crippen molar-refractivity contribution in [2.75, 3.05) is 12.4 Å². The quantitative estimate of drug-likeness (QED) is 0.500. The molecule has 0 bridgehead atoms. The summed E-state index contributed by atoms with van der Waals surface area (Å²) in [4.78, 5) is 22.9. The molecule has 26 heavy (non-hydrogen) atoms. The maximum atomic E-state index is 11.8. The molecule has 0 spiro atoms. The Hall–Kier alpha value is -2.93.